The molecule has 5 nitrogen and oxygen atoms in total. The molecule has 0 radical (unpaired) electrons. The van der Waals surface area contributed by atoms with E-state index >= 15 is 0 Å². The second kappa shape index (κ2) is 10.1. The predicted octanol–water partition coefficient (Wildman–Crippen LogP) is 5.52. The molecule has 1 amide bonds. The Kier molecular flexibility index (Phi) is 7.53. The van der Waals surface area contributed by atoms with Gasteiger partial charge >= 0.3 is 0 Å². The van der Waals surface area contributed by atoms with Crippen LogP contribution >= 0.6 is 39.9 Å². The third kappa shape index (κ3) is 5.04. The molecule has 0 saturated carbocycles. The lowest BCUT2D eigenvalue weighted by Gasteiger charge is -2.14. The molecule has 154 valence electrons. The number of hydrogen-bond acceptors (Lipinski definition) is 6. The number of carbonyl (C=O) groups is 1. The third-order valence-corrected chi connectivity index (χ3v) is 6.30. The van der Waals surface area contributed by atoms with Gasteiger partial charge in [-0.3, -0.25) is 9.69 Å². The number of thiocarbonyl (C=S) groups is 1. The van der Waals surface area contributed by atoms with Gasteiger partial charge < -0.3 is 9.47 Å². The average molecular weight is 503 g/mol. The Hall–Kier alpha value is -2.34. The van der Waals surface area contributed by atoms with E-state index in [2.05, 4.69) is 22.0 Å². The summed E-state index contributed by atoms with van der Waals surface area (Å²) < 4.78 is 12.8. The molecular weight excluding hydrogens is 484 g/mol. The largest absolute Gasteiger partial charge is 0.493 e. The monoisotopic (exact) mass is 502 g/mol. The summed E-state index contributed by atoms with van der Waals surface area (Å²) in [6, 6.07) is 13.0. The number of methoxy groups -OCH3 is 1. The molecule has 30 heavy (non-hydrogen) atoms. The molecule has 1 saturated heterocycles. The van der Waals surface area contributed by atoms with Gasteiger partial charge in [0.2, 0.25) is 0 Å². The quantitative estimate of drug-likeness (QED) is 0.366. The predicted molar refractivity (Wildman–Crippen MR) is 126 cm³/mol. The number of nitrogens with zero attached hydrogens (tertiary/aromatic N) is 2. The van der Waals surface area contributed by atoms with E-state index in [0.29, 0.717) is 43.9 Å². The van der Waals surface area contributed by atoms with Crippen molar-refractivity contribution in [2.45, 2.75) is 20.0 Å². The number of halogens is 1. The highest BCUT2D eigenvalue weighted by Crippen LogP contribution is 2.39. The summed E-state index contributed by atoms with van der Waals surface area (Å²) in [5.41, 5.74) is 2.35. The number of rotatable bonds is 7. The zero-order valence-corrected chi connectivity index (χ0v) is 19.7. The molecule has 1 fully saturated rings. The third-order valence-electron chi connectivity index (χ3n) is 4.34. The van der Waals surface area contributed by atoms with Gasteiger partial charge in [0.1, 0.15) is 10.9 Å². The van der Waals surface area contributed by atoms with Crippen LogP contribution < -0.4 is 9.47 Å². The number of carbonyl (C=O) groups excluding carboxylic acids is 1. The highest BCUT2D eigenvalue weighted by Gasteiger charge is 2.31. The normalized spacial score (nSPS) is 14.9. The lowest BCUT2D eigenvalue weighted by Crippen LogP contribution is -2.28. The van der Waals surface area contributed by atoms with Crippen LogP contribution in [0.5, 0.6) is 11.5 Å². The fraction of sp³-hybridized carbons (Fsp3) is 0.227. The van der Waals surface area contributed by atoms with Gasteiger partial charge in [0.15, 0.2) is 11.5 Å². The van der Waals surface area contributed by atoms with Gasteiger partial charge in [0, 0.05) is 6.54 Å². The Balaban J connectivity index is 1.81. The van der Waals surface area contributed by atoms with Crippen LogP contribution in [0.1, 0.15) is 30.0 Å². The van der Waals surface area contributed by atoms with E-state index < -0.39 is 0 Å². The van der Waals surface area contributed by atoms with Crippen molar-refractivity contribution in [2.75, 3.05) is 13.7 Å². The standard InChI is InChI=1S/C22H19BrN2O3S2/c1-3-8-25-21(26)19(30-22(25)29)11-16-9-17(23)20(18(10-16)27-2)28-13-15-6-4-14(12-24)5-7-15/h4-7,9-11H,3,8,13H2,1-2H3/b19-11-. The summed E-state index contributed by atoms with van der Waals surface area (Å²) in [6.45, 7) is 2.97. The average Bonchev–Trinajstić information content (AvgIpc) is 3.00. The molecule has 2 aromatic rings. The van der Waals surface area contributed by atoms with Crippen LogP contribution in [0.3, 0.4) is 0 Å². The number of hydrogen-bond donors (Lipinski definition) is 0. The molecular formula is C22H19BrN2O3S2. The minimum absolute atomic E-state index is 0.0666. The fourth-order valence-electron chi connectivity index (χ4n) is 2.86. The minimum atomic E-state index is -0.0666. The highest BCUT2D eigenvalue weighted by molar-refractivity contribution is 9.10. The van der Waals surface area contributed by atoms with Crippen LogP contribution in [0.25, 0.3) is 6.08 Å². The van der Waals surface area contributed by atoms with Crippen LogP contribution in [0, 0.1) is 11.3 Å². The molecule has 0 bridgehead atoms. The van der Waals surface area contributed by atoms with Crippen molar-refractivity contribution in [3.05, 3.63) is 62.5 Å². The van der Waals surface area contributed by atoms with Crippen molar-refractivity contribution in [2.24, 2.45) is 0 Å². The Morgan fingerprint density at radius 1 is 1.30 bits per heavy atom. The van der Waals surface area contributed by atoms with Gasteiger partial charge in [-0.2, -0.15) is 5.26 Å². The molecule has 0 aliphatic carbocycles. The van der Waals surface area contributed by atoms with Crippen LogP contribution in [0.2, 0.25) is 0 Å². The molecule has 0 aromatic heterocycles. The summed E-state index contributed by atoms with van der Waals surface area (Å²) in [7, 11) is 1.57. The molecule has 1 aliphatic rings. The highest BCUT2D eigenvalue weighted by atomic mass is 79.9. The zero-order valence-electron chi connectivity index (χ0n) is 16.5. The summed E-state index contributed by atoms with van der Waals surface area (Å²) in [5, 5.41) is 8.90. The first-order valence-corrected chi connectivity index (χ1v) is 11.2. The van der Waals surface area contributed by atoms with Crippen molar-refractivity contribution in [3.63, 3.8) is 0 Å². The number of thioether (sulfide) groups is 1. The van der Waals surface area contributed by atoms with E-state index in [9.17, 15) is 4.79 Å². The van der Waals surface area contributed by atoms with E-state index in [1.54, 1.807) is 24.1 Å². The fourth-order valence-corrected chi connectivity index (χ4v) is 4.74. The van der Waals surface area contributed by atoms with Crippen molar-refractivity contribution in [1.82, 2.24) is 4.90 Å². The number of amides is 1. The van der Waals surface area contributed by atoms with Gasteiger partial charge in [-0.25, -0.2) is 0 Å². The summed E-state index contributed by atoms with van der Waals surface area (Å²) in [4.78, 5) is 14.8. The van der Waals surface area contributed by atoms with E-state index in [1.165, 1.54) is 11.8 Å². The van der Waals surface area contributed by atoms with Crippen LogP contribution in [0.4, 0.5) is 0 Å². The van der Waals surface area contributed by atoms with Crippen molar-refractivity contribution >= 4 is 56.2 Å². The van der Waals surface area contributed by atoms with E-state index in [4.69, 9.17) is 27.0 Å². The van der Waals surface area contributed by atoms with Gasteiger partial charge in [-0.15, -0.1) is 0 Å². The van der Waals surface area contributed by atoms with Crippen molar-refractivity contribution in [3.8, 4) is 17.6 Å². The van der Waals surface area contributed by atoms with E-state index in [-0.39, 0.29) is 5.91 Å². The molecule has 8 heteroatoms. The molecule has 1 aliphatic heterocycles. The van der Waals surface area contributed by atoms with Gasteiger partial charge in [0.25, 0.3) is 5.91 Å². The maximum absolute atomic E-state index is 12.6. The number of ether oxygens (including phenoxy) is 2. The topological polar surface area (TPSA) is 62.6 Å². The van der Waals surface area contributed by atoms with E-state index in [1.807, 2.05) is 37.3 Å². The number of benzene rings is 2. The SMILES string of the molecule is CCCN1C(=O)/C(=C/c2cc(Br)c(OCc3ccc(C#N)cc3)c(OC)c2)SC1=S. The Bertz CT molecular complexity index is 1050. The molecule has 0 atom stereocenters. The maximum Gasteiger partial charge on any atom is 0.266 e. The first-order valence-electron chi connectivity index (χ1n) is 9.21. The van der Waals surface area contributed by atoms with E-state index in [0.717, 1.165) is 17.5 Å². The lowest BCUT2D eigenvalue weighted by atomic mass is 10.1. The Morgan fingerprint density at radius 2 is 2.03 bits per heavy atom. The molecule has 0 N–H and O–H groups in total. The first-order chi connectivity index (χ1) is 14.5. The van der Waals surface area contributed by atoms with Crippen LogP contribution in [-0.2, 0) is 11.4 Å². The maximum atomic E-state index is 12.6. The van der Waals surface area contributed by atoms with Gasteiger partial charge in [-0.1, -0.05) is 43.0 Å². The lowest BCUT2D eigenvalue weighted by molar-refractivity contribution is -0.122. The smallest absolute Gasteiger partial charge is 0.266 e. The summed E-state index contributed by atoms with van der Waals surface area (Å²) in [6.07, 6.45) is 2.66. The Morgan fingerprint density at radius 3 is 2.67 bits per heavy atom. The summed E-state index contributed by atoms with van der Waals surface area (Å²) in [5.74, 6) is 1.05. The summed E-state index contributed by atoms with van der Waals surface area (Å²) >= 11 is 10.2. The van der Waals surface area contributed by atoms with Crippen molar-refractivity contribution in [1.29, 1.82) is 5.26 Å². The molecule has 1 heterocycles. The molecule has 3 rings (SSSR count). The molecule has 2 aromatic carbocycles. The Labute approximate surface area is 193 Å². The van der Waals surface area contributed by atoms with Gasteiger partial charge in [-0.05, 0) is 63.8 Å². The minimum Gasteiger partial charge on any atom is -0.493 e. The second-order valence-corrected chi connectivity index (χ2v) is 8.99. The molecule has 0 spiro atoms. The zero-order chi connectivity index (χ0) is 21.7. The van der Waals surface area contributed by atoms with Crippen LogP contribution in [-0.4, -0.2) is 28.8 Å². The first kappa shape index (κ1) is 22.3. The van der Waals surface area contributed by atoms with Crippen LogP contribution in [0.15, 0.2) is 45.8 Å². The van der Waals surface area contributed by atoms with Gasteiger partial charge in [0.05, 0.1) is 28.1 Å². The number of nitriles is 1. The second-order valence-electron chi connectivity index (χ2n) is 6.46. The van der Waals surface area contributed by atoms with Crippen molar-refractivity contribution < 1.29 is 14.3 Å². The molecule has 0 unspecified atom stereocenters.